The maximum atomic E-state index is 9.59. The van der Waals surface area contributed by atoms with E-state index in [1.54, 1.807) is 13.2 Å². The number of ether oxygens (including phenoxy) is 3. The van der Waals surface area contributed by atoms with Crippen LogP contribution in [-0.4, -0.2) is 25.6 Å². The topological polar surface area (TPSA) is 60.0 Å². The average Bonchev–Trinajstić information content (AvgIpc) is 3.00. The predicted octanol–water partition coefficient (Wildman–Crippen LogP) is 3.22. The van der Waals surface area contributed by atoms with E-state index in [-0.39, 0.29) is 12.5 Å². The summed E-state index contributed by atoms with van der Waals surface area (Å²) in [5.41, 5.74) is 2.23. The minimum absolute atomic E-state index is 0.161. The maximum Gasteiger partial charge on any atom is 0.231 e. The van der Waals surface area contributed by atoms with Crippen molar-refractivity contribution in [2.24, 2.45) is 0 Å². The van der Waals surface area contributed by atoms with Crippen LogP contribution < -0.4 is 19.5 Å². The Hall–Kier alpha value is -1.92. The Bertz CT molecular complexity index is 705. The standard InChI is InChI=1S/C17H18BrNO4/c1-21-15-6-11(2-3-14(15)20)4-5-19-9-12-7-16-17(8-13(12)18)23-10-22-16/h2-3,6-8,19-20H,4-5,9-10H2,1H3. The number of nitrogens with one attached hydrogen (secondary N) is 1. The average molecular weight is 380 g/mol. The number of methoxy groups -OCH3 is 1. The first-order valence-electron chi connectivity index (χ1n) is 7.32. The molecule has 23 heavy (non-hydrogen) atoms. The number of hydrogen-bond acceptors (Lipinski definition) is 5. The van der Waals surface area contributed by atoms with Crippen molar-refractivity contribution >= 4 is 15.9 Å². The molecule has 0 spiro atoms. The monoisotopic (exact) mass is 379 g/mol. The van der Waals surface area contributed by atoms with Gasteiger partial charge in [0.15, 0.2) is 23.0 Å². The zero-order valence-corrected chi connectivity index (χ0v) is 14.4. The van der Waals surface area contributed by atoms with Crippen molar-refractivity contribution in [2.45, 2.75) is 13.0 Å². The highest BCUT2D eigenvalue weighted by Gasteiger charge is 2.15. The molecule has 6 heteroatoms. The van der Waals surface area contributed by atoms with Crippen LogP contribution >= 0.6 is 15.9 Å². The van der Waals surface area contributed by atoms with Crippen LogP contribution in [0.3, 0.4) is 0 Å². The van der Waals surface area contributed by atoms with Crippen LogP contribution in [0.5, 0.6) is 23.0 Å². The van der Waals surface area contributed by atoms with Gasteiger partial charge in [-0.3, -0.25) is 0 Å². The molecule has 0 aliphatic carbocycles. The number of fused-ring (bicyclic) bond motifs is 1. The lowest BCUT2D eigenvalue weighted by Gasteiger charge is -2.09. The van der Waals surface area contributed by atoms with Crippen molar-refractivity contribution in [3.8, 4) is 23.0 Å². The lowest BCUT2D eigenvalue weighted by molar-refractivity contribution is 0.174. The van der Waals surface area contributed by atoms with Crippen molar-refractivity contribution in [1.82, 2.24) is 5.32 Å². The first-order chi connectivity index (χ1) is 11.2. The summed E-state index contributed by atoms with van der Waals surface area (Å²) in [6.07, 6.45) is 0.846. The van der Waals surface area contributed by atoms with Gasteiger partial charge >= 0.3 is 0 Å². The fourth-order valence-corrected chi connectivity index (χ4v) is 2.89. The Morgan fingerprint density at radius 1 is 1.22 bits per heavy atom. The lowest BCUT2D eigenvalue weighted by atomic mass is 10.1. The van der Waals surface area contributed by atoms with Crippen molar-refractivity contribution < 1.29 is 19.3 Å². The van der Waals surface area contributed by atoms with E-state index in [0.29, 0.717) is 5.75 Å². The normalized spacial score (nSPS) is 12.4. The number of phenols is 1. The molecule has 122 valence electrons. The molecule has 0 bridgehead atoms. The number of rotatable bonds is 6. The van der Waals surface area contributed by atoms with Crippen LogP contribution in [0, 0.1) is 0 Å². The molecule has 1 aliphatic heterocycles. The molecular formula is C17H18BrNO4. The van der Waals surface area contributed by atoms with E-state index in [0.717, 1.165) is 46.6 Å². The molecule has 0 aromatic heterocycles. The van der Waals surface area contributed by atoms with Gasteiger partial charge in [-0.1, -0.05) is 22.0 Å². The molecule has 5 nitrogen and oxygen atoms in total. The van der Waals surface area contributed by atoms with Gasteiger partial charge in [0, 0.05) is 11.0 Å². The summed E-state index contributed by atoms with van der Waals surface area (Å²) in [5.74, 6) is 2.22. The van der Waals surface area contributed by atoms with Gasteiger partial charge in [-0.15, -0.1) is 0 Å². The zero-order valence-electron chi connectivity index (χ0n) is 12.8. The second-order valence-electron chi connectivity index (χ2n) is 5.23. The van der Waals surface area contributed by atoms with Crippen molar-refractivity contribution in [1.29, 1.82) is 0 Å². The molecule has 2 N–H and O–H groups in total. The summed E-state index contributed by atoms with van der Waals surface area (Å²) in [4.78, 5) is 0. The van der Waals surface area contributed by atoms with E-state index in [1.165, 1.54) is 0 Å². The highest BCUT2D eigenvalue weighted by atomic mass is 79.9. The Morgan fingerprint density at radius 2 is 2.00 bits per heavy atom. The highest BCUT2D eigenvalue weighted by molar-refractivity contribution is 9.10. The van der Waals surface area contributed by atoms with Gasteiger partial charge in [0.2, 0.25) is 6.79 Å². The summed E-state index contributed by atoms with van der Waals surface area (Å²) in [5, 5.41) is 13.0. The molecule has 2 aromatic rings. The minimum atomic E-state index is 0.161. The highest BCUT2D eigenvalue weighted by Crippen LogP contribution is 2.36. The van der Waals surface area contributed by atoms with Crippen LogP contribution in [0.2, 0.25) is 0 Å². The molecule has 1 heterocycles. The number of aromatic hydroxyl groups is 1. The van der Waals surface area contributed by atoms with E-state index in [4.69, 9.17) is 14.2 Å². The molecule has 0 saturated heterocycles. The van der Waals surface area contributed by atoms with E-state index >= 15 is 0 Å². The number of benzene rings is 2. The van der Waals surface area contributed by atoms with Crippen molar-refractivity contribution in [2.75, 3.05) is 20.4 Å². The molecule has 0 amide bonds. The van der Waals surface area contributed by atoms with E-state index in [1.807, 2.05) is 24.3 Å². The first kappa shape index (κ1) is 16.0. The van der Waals surface area contributed by atoms with Gasteiger partial charge in [-0.25, -0.2) is 0 Å². The maximum absolute atomic E-state index is 9.59. The number of halogens is 1. The largest absolute Gasteiger partial charge is 0.504 e. The van der Waals surface area contributed by atoms with Gasteiger partial charge in [-0.05, 0) is 48.4 Å². The third-order valence-corrected chi connectivity index (χ3v) is 4.43. The summed E-state index contributed by atoms with van der Waals surface area (Å²) in [6, 6.07) is 9.33. The summed E-state index contributed by atoms with van der Waals surface area (Å²) in [6.45, 7) is 1.82. The van der Waals surface area contributed by atoms with Gasteiger partial charge in [0.1, 0.15) is 0 Å². The van der Waals surface area contributed by atoms with Crippen molar-refractivity contribution in [3.05, 3.63) is 45.9 Å². The van der Waals surface area contributed by atoms with Crippen LogP contribution in [-0.2, 0) is 13.0 Å². The second-order valence-corrected chi connectivity index (χ2v) is 6.08. The summed E-state index contributed by atoms with van der Waals surface area (Å²) >= 11 is 3.55. The lowest BCUT2D eigenvalue weighted by Crippen LogP contribution is -2.17. The molecule has 0 fully saturated rings. The van der Waals surface area contributed by atoms with E-state index in [9.17, 15) is 5.11 Å². The van der Waals surface area contributed by atoms with Crippen LogP contribution in [0.25, 0.3) is 0 Å². The molecule has 0 atom stereocenters. The Morgan fingerprint density at radius 3 is 2.78 bits per heavy atom. The van der Waals surface area contributed by atoms with Crippen LogP contribution in [0.15, 0.2) is 34.8 Å². The van der Waals surface area contributed by atoms with Crippen LogP contribution in [0.4, 0.5) is 0 Å². The number of hydrogen-bond donors (Lipinski definition) is 2. The summed E-state index contributed by atoms with van der Waals surface area (Å²) in [7, 11) is 1.55. The Balaban J connectivity index is 1.54. The van der Waals surface area contributed by atoms with Gasteiger partial charge in [0.05, 0.1) is 7.11 Å². The second kappa shape index (κ2) is 7.10. The van der Waals surface area contributed by atoms with E-state index < -0.39 is 0 Å². The zero-order chi connectivity index (χ0) is 16.2. The molecule has 0 radical (unpaired) electrons. The SMILES string of the molecule is COc1cc(CCNCc2cc3c(cc2Br)OCO3)ccc1O. The molecule has 0 saturated carbocycles. The van der Waals surface area contributed by atoms with Gasteiger partial charge in [-0.2, -0.15) is 0 Å². The summed E-state index contributed by atoms with van der Waals surface area (Å²) < 4.78 is 16.9. The molecule has 1 aliphatic rings. The number of phenolic OH excluding ortho intramolecular Hbond substituents is 1. The molecular weight excluding hydrogens is 362 g/mol. The van der Waals surface area contributed by atoms with Gasteiger partial charge < -0.3 is 24.6 Å². The molecule has 2 aromatic carbocycles. The fourth-order valence-electron chi connectivity index (χ4n) is 2.43. The third-order valence-electron chi connectivity index (χ3n) is 3.69. The smallest absolute Gasteiger partial charge is 0.231 e. The molecule has 3 rings (SSSR count). The third kappa shape index (κ3) is 3.71. The first-order valence-corrected chi connectivity index (χ1v) is 8.11. The minimum Gasteiger partial charge on any atom is -0.504 e. The quantitative estimate of drug-likeness (QED) is 0.754. The Labute approximate surface area is 143 Å². The Kier molecular flexibility index (Phi) is 4.93. The fraction of sp³-hybridized carbons (Fsp3) is 0.294. The van der Waals surface area contributed by atoms with Gasteiger partial charge in [0.25, 0.3) is 0 Å². The predicted molar refractivity (Wildman–Crippen MR) is 90.3 cm³/mol. The van der Waals surface area contributed by atoms with Crippen LogP contribution in [0.1, 0.15) is 11.1 Å². The van der Waals surface area contributed by atoms with E-state index in [2.05, 4.69) is 21.2 Å². The molecule has 0 unspecified atom stereocenters. The van der Waals surface area contributed by atoms with Crippen molar-refractivity contribution in [3.63, 3.8) is 0 Å².